The van der Waals surface area contributed by atoms with E-state index in [0.29, 0.717) is 29.1 Å². The van der Waals surface area contributed by atoms with Gasteiger partial charge in [-0.3, -0.25) is 4.57 Å². The van der Waals surface area contributed by atoms with Gasteiger partial charge in [-0.25, -0.2) is 19.6 Å². The standard InChI is InChI=1S/C48H62N7O7P/c1-9-11-13-19-40(61-48(35-17-14-12-15-18-35,36-20-24-38(56-7)25-21-36)37-22-26-39(57-8)27-23-37)42-43(62-63(59-30-16-28-49)55(33(3)4)34(5)6)44(58-29-10-2)47(60-42)54-32-53-41-45(50)51-31-52-46(41)54/h10,12,14-15,17-18,20-27,31-34,40,42-44,47H,2,9,11,13,16,19,29-30H2,1,3-8H3,(H2,50,51,52)/t40?,42-,43-,44-,47-,63?/m1/s1. The number of fused-ring (bicyclic) bond motifs is 1. The molecule has 6 atom stereocenters. The van der Waals surface area contributed by atoms with E-state index in [9.17, 15) is 5.26 Å². The summed E-state index contributed by atoms with van der Waals surface area (Å²) in [5, 5.41) is 9.59. The molecule has 5 aromatic rings. The predicted molar refractivity (Wildman–Crippen MR) is 245 cm³/mol. The number of hydrogen-bond acceptors (Lipinski definition) is 13. The van der Waals surface area contributed by atoms with Crippen LogP contribution in [0.5, 0.6) is 11.5 Å². The van der Waals surface area contributed by atoms with Crippen LogP contribution in [0.25, 0.3) is 11.2 Å². The number of ether oxygens (including phenoxy) is 5. The Hall–Kier alpha value is -4.97. The summed E-state index contributed by atoms with van der Waals surface area (Å²) in [5.41, 5.74) is 8.74. The molecule has 15 heteroatoms. The van der Waals surface area contributed by atoms with Crippen LogP contribution in [0, 0.1) is 11.3 Å². The van der Waals surface area contributed by atoms with Crippen molar-refractivity contribution in [3.63, 3.8) is 0 Å². The van der Waals surface area contributed by atoms with Gasteiger partial charge in [-0.15, -0.1) is 6.58 Å². The molecule has 0 radical (unpaired) electrons. The number of nitrogen functional groups attached to an aromatic ring is 1. The zero-order valence-corrected chi connectivity index (χ0v) is 38.4. The van der Waals surface area contributed by atoms with Crippen LogP contribution >= 0.6 is 8.53 Å². The molecule has 3 aromatic carbocycles. The Morgan fingerprint density at radius 3 is 2.11 bits per heavy atom. The number of hydrogen-bond donors (Lipinski definition) is 1. The molecule has 2 aromatic heterocycles. The predicted octanol–water partition coefficient (Wildman–Crippen LogP) is 9.51. The molecular weight excluding hydrogens is 818 g/mol. The average molecular weight is 880 g/mol. The number of unbranched alkanes of at least 4 members (excludes halogenated alkanes) is 2. The highest BCUT2D eigenvalue weighted by Gasteiger charge is 2.55. The van der Waals surface area contributed by atoms with Gasteiger partial charge in [0.2, 0.25) is 0 Å². The summed E-state index contributed by atoms with van der Waals surface area (Å²) in [5.74, 6) is 1.68. The lowest BCUT2D eigenvalue weighted by atomic mass is 9.79. The number of benzene rings is 3. The number of nitrogens with two attached hydrogens (primary N) is 1. The maximum atomic E-state index is 9.59. The van der Waals surface area contributed by atoms with Crippen molar-refractivity contribution in [2.24, 2.45) is 0 Å². The van der Waals surface area contributed by atoms with Crippen LogP contribution in [0.1, 0.15) is 89.6 Å². The Morgan fingerprint density at radius 1 is 0.905 bits per heavy atom. The molecular formula is C48H62N7O7P. The van der Waals surface area contributed by atoms with E-state index in [4.69, 9.17) is 38.5 Å². The number of rotatable bonds is 24. The third kappa shape index (κ3) is 10.7. The van der Waals surface area contributed by atoms with Crippen LogP contribution < -0.4 is 15.2 Å². The molecule has 63 heavy (non-hydrogen) atoms. The molecule has 2 unspecified atom stereocenters. The summed E-state index contributed by atoms with van der Waals surface area (Å²) in [7, 11) is 1.53. The number of nitriles is 1. The Morgan fingerprint density at radius 2 is 1.54 bits per heavy atom. The van der Waals surface area contributed by atoms with E-state index in [0.717, 1.165) is 36.0 Å². The molecule has 6 rings (SSSR count). The number of aromatic nitrogens is 4. The highest BCUT2D eigenvalue weighted by Crippen LogP contribution is 2.53. The van der Waals surface area contributed by atoms with E-state index in [1.54, 1.807) is 26.6 Å². The average Bonchev–Trinajstić information content (AvgIpc) is 3.89. The maximum Gasteiger partial charge on any atom is 0.259 e. The lowest BCUT2D eigenvalue weighted by Crippen LogP contribution is -2.47. The number of imidazole rings is 1. The summed E-state index contributed by atoms with van der Waals surface area (Å²) < 4.78 is 51.4. The fraction of sp³-hybridized carbons (Fsp3) is 0.458. The van der Waals surface area contributed by atoms with Crippen molar-refractivity contribution in [2.75, 3.05) is 33.2 Å². The molecule has 0 aliphatic carbocycles. The van der Waals surface area contributed by atoms with Crippen LogP contribution in [0.15, 0.2) is 104 Å². The normalized spacial score (nSPS) is 18.8. The van der Waals surface area contributed by atoms with Gasteiger partial charge in [-0.05, 0) is 75.1 Å². The molecule has 0 bridgehead atoms. The molecule has 0 amide bonds. The topological polar surface area (TPSA) is 161 Å². The third-order valence-electron chi connectivity index (χ3n) is 11.1. The summed E-state index contributed by atoms with van der Waals surface area (Å²) in [6, 6.07) is 28.5. The van der Waals surface area contributed by atoms with E-state index in [1.807, 2.05) is 47.0 Å². The Kier molecular flexibility index (Phi) is 17.0. The minimum Gasteiger partial charge on any atom is -0.497 e. The molecule has 0 spiro atoms. The van der Waals surface area contributed by atoms with Gasteiger partial charge in [0.15, 0.2) is 17.7 Å². The molecule has 1 aliphatic heterocycles. The van der Waals surface area contributed by atoms with Gasteiger partial charge in [0.1, 0.15) is 47.3 Å². The molecule has 1 fully saturated rings. The highest BCUT2D eigenvalue weighted by atomic mass is 31.2. The van der Waals surface area contributed by atoms with Gasteiger partial charge in [0, 0.05) is 12.1 Å². The molecule has 1 saturated heterocycles. The van der Waals surface area contributed by atoms with Crippen molar-refractivity contribution < 1.29 is 32.7 Å². The quantitative estimate of drug-likeness (QED) is 0.0270. The first-order chi connectivity index (χ1) is 30.6. The second-order valence-electron chi connectivity index (χ2n) is 15.9. The SMILES string of the molecule is C=CCO[C@@H]1[C@H](OP(OCCC#N)N(C(C)C)C(C)C)[C@@H](C(CCCCC)OC(c2ccccc2)(c2ccc(OC)cc2)c2ccc(OC)cc2)O[C@H]1n1cnc2c(N)ncnc21. The summed E-state index contributed by atoms with van der Waals surface area (Å²) in [6.45, 7) is 15.0. The summed E-state index contributed by atoms with van der Waals surface area (Å²) in [6.07, 6.45) is 4.63. The summed E-state index contributed by atoms with van der Waals surface area (Å²) in [4.78, 5) is 13.4. The van der Waals surface area contributed by atoms with Gasteiger partial charge in [0.05, 0.1) is 52.4 Å². The molecule has 2 N–H and O–H groups in total. The fourth-order valence-corrected chi connectivity index (χ4v) is 10.0. The largest absolute Gasteiger partial charge is 0.497 e. The number of methoxy groups -OCH3 is 2. The van der Waals surface area contributed by atoms with Crippen molar-refractivity contribution in [1.82, 2.24) is 24.2 Å². The monoisotopic (exact) mass is 879 g/mol. The van der Waals surface area contributed by atoms with Crippen molar-refractivity contribution in [3.8, 4) is 17.6 Å². The van der Waals surface area contributed by atoms with E-state index >= 15 is 0 Å². The van der Waals surface area contributed by atoms with Crippen molar-refractivity contribution in [3.05, 3.63) is 121 Å². The van der Waals surface area contributed by atoms with Crippen LogP contribution in [0.3, 0.4) is 0 Å². The molecule has 14 nitrogen and oxygen atoms in total. The summed E-state index contributed by atoms with van der Waals surface area (Å²) >= 11 is 0. The first-order valence-electron chi connectivity index (χ1n) is 21.7. The lowest BCUT2D eigenvalue weighted by molar-refractivity contribution is -0.145. The van der Waals surface area contributed by atoms with Gasteiger partial charge in [0.25, 0.3) is 8.53 Å². The third-order valence-corrected chi connectivity index (χ3v) is 13.3. The van der Waals surface area contributed by atoms with Crippen LogP contribution in [-0.2, 0) is 28.9 Å². The van der Waals surface area contributed by atoms with Crippen molar-refractivity contribution in [1.29, 1.82) is 5.26 Å². The van der Waals surface area contributed by atoms with Crippen LogP contribution in [-0.4, -0.2) is 88.1 Å². The molecule has 0 saturated carbocycles. The second-order valence-corrected chi connectivity index (χ2v) is 17.3. The van der Waals surface area contributed by atoms with Gasteiger partial charge >= 0.3 is 0 Å². The van der Waals surface area contributed by atoms with Gasteiger partial charge < -0.3 is 38.5 Å². The molecule has 3 heterocycles. The first-order valence-corrected chi connectivity index (χ1v) is 22.8. The highest BCUT2D eigenvalue weighted by molar-refractivity contribution is 7.44. The van der Waals surface area contributed by atoms with E-state index in [2.05, 4.69) is 103 Å². The second kappa shape index (κ2) is 22.6. The van der Waals surface area contributed by atoms with Crippen LogP contribution in [0.4, 0.5) is 5.82 Å². The smallest absolute Gasteiger partial charge is 0.259 e. The van der Waals surface area contributed by atoms with Gasteiger partial charge in [-0.1, -0.05) is 86.9 Å². The first kappa shape index (κ1) is 47.5. The zero-order chi connectivity index (χ0) is 44.9. The molecule has 1 aliphatic rings. The minimum atomic E-state index is -1.78. The van der Waals surface area contributed by atoms with Gasteiger partial charge in [-0.2, -0.15) is 5.26 Å². The maximum absolute atomic E-state index is 9.59. The van der Waals surface area contributed by atoms with E-state index in [1.165, 1.54) is 6.33 Å². The Balaban J connectivity index is 1.60. The fourth-order valence-electron chi connectivity index (χ4n) is 8.26. The lowest BCUT2D eigenvalue weighted by Gasteiger charge is -2.42. The van der Waals surface area contributed by atoms with Crippen molar-refractivity contribution in [2.45, 2.75) is 115 Å². The number of anilines is 1. The Bertz CT molecular complexity index is 2160. The molecule has 336 valence electrons. The minimum absolute atomic E-state index is 0.0343. The van der Waals surface area contributed by atoms with Crippen molar-refractivity contribution >= 4 is 25.5 Å². The van der Waals surface area contributed by atoms with E-state index < -0.39 is 44.8 Å². The van der Waals surface area contributed by atoms with Crippen LogP contribution in [0.2, 0.25) is 0 Å². The Labute approximate surface area is 373 Å². The van der Waals surface area contributed by atoms with E-state index in [-0.39, 0.29) is 37.5 Å². The number of nitrogens with zero attached hydrogens (tertiary/aromatic N) is 6. The zero-order valence-electron chi connectivity index (χ0n) is 37.5.